The number of ether oxygens (including phenoxy) is 2. The quantitative estimate of drug-likeness (QED) is 0.424. The number of aromatic nitrogens is 2. The van der Waals surface area contributed by atoms with E-state index in [2.05, 4.69) is 38.2 Å². The van der Waals surface area contributed by atoms with Crippen LogP contribution in [0.15, 0.2) is 54.6 Å². The number of carbonyl (C=O) groups excluding carboxylic acids is 1. The van der Waals surface area contributed by atoms with Crippen molar-refractivity contribution in [3.8, 4) is 22.8 Å². The monoisotopic (exact) mass is 584 g/mol. The van der Waals surface area contributed by atoms with Crippen molar-refractivity contribution in [3.63, 3.8) is 0 Å². The van der Waals surface area contributed by atoms with Gasteiger partial charge in [-0.3, -0.25) is 0 Å². The topological polar surface area (TPSA) is 117 Å². The number of carbonyl (C=O) groups is 1. The molecule has 0 unspecified atom stereocenters. The van der Waals surface area contributed by atoms with E-state index in [4.69, 9.17) is 15.2 Å². The lowest BCUT2D eigenvalue weighted by Crippen LogP contribution is -2.66. The third-order valence-electron chi connectivity index (χ3n) is 9.25. The number of hydrogen-bond acceptors (Lipinski definition) is 9. The first-order chi connectivity index (χ1) is 20.6. The molecule has 10 heteroatoms. The average Bonchev–Trinajstić information content (AvgIpc) is 3.18. The molecule has 2 bridgehead atoms. The maximum absolute atomic E-state index is 12.3. The highest BCUT2D eigenvalue weighted by molar-refractivity contribution is 5.74. The van der Waals surface area contributed by atoms with E-state index in [1.807, 2.05) is 45.0 Å². The second kappa shape index (κ2) is 10.2. The fourth-order valence-corrected chi connectivity index (χ4v) is 7.36. The maximum atomic E-state index is 12.3. The van der Waals surface area contributed by atoms with Gasteiger partial charge in [-0.25, -0.2) is 4.79 Å². The summed E-state index contributed by atoms with van der Waals surface area (Å²) >= 11 is 0. The Kier molecular flexibility index (Phi) is 6.55. The van der Waals surface area contributed by atoms with Crippen molar-refractivity contribution in [2.45, 2.75) is 70.2 Å². The number of para-hydroxylation sites is 1. The van der Waals surface area contributed by atoms with E-state index in [0.29, 0.717) is 29.2 Å². The first-order valence-corrected chi connectivity index (χ1v) is 15.3. The second-order valence-electron chi connectivity index (χ2n) is 13.7. The number of fused-ring (bicyclic) bond motifs is 2. The first kappa shape index (κ1) is 27.6. The summed E-state index contributed by atoms with van der Waals surface area (Å²) in [5, 5.41) is 18.8. The molecule has 7 rings (SSSR count). The van der Waals surface area contributed by atoms with Crippen molar-refractivity contribution in [2.75, 3.05) is 41.7 Å². The predicted molar refractivity (Wildman–Crippen MR) is 165 cm³/mol. The van der Waals surface area contributed by atoms with Gasteiger partial charge in [0.2, 0.25) is 0 Å². The highest BCUT2D eigenvalue weighted by atomic mass is 16.6. The van der Waals surface area contributed by atoms with E-state index >= 15 is 0 Å². The van der Waals surface area contributed by atoms with Gasteiger partial charge in [0, 0.05) is 61.0 Å². The Balaban J connectivity index is 0.984. The van der Waals surface area contributed by atoms with Gasteiger partial charge in [-0.15, -0.1) is 10.2 Å². The Morgan fingerprint density at radius 2 is 1.72 bits per heavy atom. The van der Waals surface area contributed by atoms with E-state index < -0.39 is 5.60 Å². The Morgan fingerprint density at radius 1 is 1.00 bits per heavy atom. The molecule has 3 aliphatic heterocycles. The van der Waals surface area contributed by atoms with Crippen molar-refractivity contribution in [3.05, 3.63) is 54.6 Å². The molecule has 3 aromatic rings. The number of amides is 1. The summed E-state index contributed by atoms with van der Waals surface area (Å²) in [6, 6.07) is 18.3. The zero-order valence-electron chi connectivity index (χ0n) is 25.1. The molecule has 4 aliphatic rings. The van der Waals surface area contributed by atoms with Crippen LogP contribution in [0, 0.1) is 5.41 Å². The smallest absolute Gasteiger partial charge is 0.410 e. The van der Waals surface area contributed by atoms with Crippen molar-refractivity contribution < 1.29 is 19.4 Å². The van der Waals surface area contributed by atoms with Crippen LogP contribution in [0.5, 0.6) is 11.5 Å². The molecular formula is C33H40N6O4. The van der Waals surface area contributed by atoms with Crippen LogP contribution >= 0.6 is 0 Å². The van der Waals surface area contributed by atoms with Gasteiger partial charge in [0.25, 0.3) is 0 Å². The Hall–Kier alpha value is -4.21. The lowest BCUT2D eigenvalue weighted by Gasteiger charge is -2.58. The molecule has 0 radical (unpaired) electrons. The third kappa shape index (κ3) is 5.28. The number of hydrogen-bond donors (Lipinski definition) is 2. The SMILES string of the molecule is CC(C)(C)OC(=O)N1CC2(CC(Oc3cccc(N4[C@@H]5CC[C@H]4CN(c4cc(-c6ccccc6O)nnc4N)C5)c3)C2)C1. The number of benzene rings is 2. The normalized spacial score (nSPS) is 22.7. The summed E-state index contributed by atoms with van der Waals surface area (Å²) in [6.45, 7) is 8.86. The van der Waals surface area contributed by atoms with Gasteiger partial charge in [0.15, 0.2) is 5.82 Å². The third-order valence-corrected chi connectivity index (χ3v) is 9.25. The fourth-order valence-electron chi connectivity index (χ4n) is 7.36. The van der Waals surface area contributed by atoms with Gasteiger partial charge >= 0.3 is 6.09 Å². The van der Waals surface area contributed by atoms with E-state index in [9.17, 15) is 9.90 Å². The number of nitrogens with zero attached hydrogens (tertiary/aromatic N) is 5. The fraction of sp³-hybridized carbons (Fsp3) is 0.485. The van der Waals surface area contributed by atoms with E-state index in [1.165, 1.54) is 5.69 Å². The lowest BCUT2D eigenvalue weighted by atomic mass is 9.62. The van der Waals surface area contributed by atoms with Crippen LogP contribution in [0.4, 0.5) is 22.0 Å². The van der Waals surface area contributed by atoms with Crippen molar-refractivity contribution in [1.29, 1.82) is 0 Å². The van der Waals surface area contributed by atoms with Gasteiger partial charge < -0.3 is 35.0 Å². The van der Waals surface area contributed by atoms with Gasteiger partial charge in [-0.1, -0.05) is 18.2 Å². The lowest BCUT2D eigenvalue weighted by molar-refractivity contribution is -0.116. The van der Waals surface area contributed by atoms with Crippen LogP contribution in [0.1, 0.15) is 46.5 Å². The molecule has 226 valence electrons. The van der Waals surface area contributed by atoms with E-state index in [1.54, 1.807) is 17.0 Å². The molecule has 43 heavy (non-hydrogen) atoms. The van der Waals surface area contributed by atoms with Crippen LogP contribution < -0.4 is 20.3 Å². The number of phenols is 1. The molecule has 1 amide bonds. The number of piperazine rings is 1. The second-order valence-corrected chi connectivity index (χ2v) is 13.7. The number of anilines is 3. The van der Waals surface area contributed by atoms with Crippen LogP contribution in [-0.4, -0.2) is 76.3 Å². The van der Waals surface area contributed by atoms with Crippen LogP contribution in [-0.2, 0) is 4.74 Å². The molecule has 10 nitrogen and oxygen atoms in total. The number of rotatable bonds is 5. The number of nitrogens with two attached hydrogens (primary N) is 1. The maximum Gasteiger partial charge on any atom is 0.410 e. The van der Waals surface area contributed by atoms with E-state index in [0.717, 1.165) is 63.3 Å². The van der Waals surface area contributed by atoms with Crippen LogP contribution in [0.25, 0.3) is 11.3 Å². The number of likely N-dealkylation sites (tertiary alicyclic amines) is 1. The summed E-state index contributed by atoms with van der Waals surface area (Å²) in [5.41, 5.74) is 9.34. The molecule has 4 fully saturated rings. The van der Waals surface area contributed by atoms with Crippen LogP contribution in [0.2, 0.25) is 0 Å². The summed E-state index contributed by atoms with van der Waals surface area (Å²) < 4.78 is 11.9. The molecule has 4 heterocycles. The molecular weight excluding hydrogens is 544 g/mol. The Bertz CT molecular complexity index is 1510. The molecule has 1 saturated carbocycles. The molecule has 3 saturated heterocycles. The van der Waals surface area contributed by atoms with Gasteiger partial charge in [0.05, 0.1) is 11.4 Å². The Morgan fingerprint density at radius 3 is 2.42 bits per heavy atom. The van der Waals surface area contributed by atoms with Crippen molar-refractivity contribution >= 4 is 23.3 Å². The number of aromatic hydroxyl groups is 1. The minimum atomic E-state index is -0.470. The van der Waals surface area contributed by atoms with Gasteiger partial charge in [0.1, 0.15) is 23.2 Å². The summed E-state index contributed by atoms with van der Waals surface area (Å²) in [7, 11) is 0. The highest BCUT2D eigenvalue weighted by Crippen LogP contribution is 2.50. The van der Waals surface area contributed by atoms with Crippen molar-refractivity contribution in [2.24, 2.45) is 5.41 Å². The standard InChI is InChI=1S/C33H40N6O4/c1-32(2,3)43-31(41)38-19-33(20-38)15-25(16-33)42-24-8-6-7-21(13-24)39-22-11-12-23(39)18-37(17-22)28-14-27(35-36-30(28)34)26-9-4-5-10-29(26)40/h4-10,13-14,22-23,25,40H,11-12,15-20H2,1-3H3,(H2,34,36)/t22-,23+. The van der Waals surface area contributed by atoms with Crippen LogP contribution in [0.3, 0.4) is 0 Å². The molecule has 3 N–H and O–H groups in total. The summed E-state index contributed by atoms with van der Waals surface area (Å²) in [6.07, 6.45) is 4.09. The summed E-state index contributed by atoms with van der Waals surface area (Å²) in [4.78, 5) is 19.0. The van der Waals surface area contributed by atoms with Gasteiger partial charge in [-0.05, 0) is 76.8 Å². The van der Waals surface area contributed by atoms with Gasteiger partial charge in [-0.2, -0.15) is 0 Å². The summed E-state index contributed by atoms with van der Waals surface area (Å²) in [5.74, 6) is 1.48. The highest BCUT2D eigenvalue weighted by Gasteiger charge is 2.55. The molecule has 2 atom stereocenters. The number of nitrogen functional groups attached to an aromatic ring is 1. The first-order valence-electron chi connectivity index (χ1n) is 15.3. The minimum absolute atomic E-state index is 0.171. The van der Waals surface area contributed by atoms with Crippen molar-refractivity contribution in [1.82, 2.24) is 15.1 Å². The Labute approximate surface area is 252 Å². The molecule has 2 aromatic carbocycles. The largest absolute Gasteiger partial charge is 0.507 e. The number of phenolic OH excluding ortho intramolecular Hbond substituents is 1. The minimum Gasteiger partial charge on any atom is -0.507 e. The van der Waals surface area contributed by atoms with E-state index in [-0.39, 0.29) is 23.4 Å². The average molecular weight is 585 g/mol. The molecule has 1 aliphatic carbocycles. The predicted octanol–water partition coefficient (Wildman–Crippen LogP) is 5.07. The zero-order chi connectivity index (χ0) is 29.9. The molecule has 1 aromatic heterocycles. The molecule has 1 spiro atoms. The zero-order valence-corrected chi connectivity index (χ0v) is 25.1.